The summed E-state index contributed by atoms with van der Waals surface area (Å²) in [7, 11) is 0. The van der Waals surface area contributed by atoms with Gasteiger partial charge in [0.2, 0.25) is 0 Å². The standard InChI is InChI=1S/C14H15N3O2/c15-11-6-7-17(9-11)14(18)12-8-13(19-16-12)10-4-2-1-3-5-10/h1-5,8,11H,6-7,9,15H2/t11-/m1/s1. The summed E-state index contributed by atoms with van der Waals surface area (Å²) in [4.78, 5) is 13.9. The van der Waals surface area contributed by atoms with E-state index in [0.29, 0.717) is 24.5 Å². The Labute approximate surface area is 111 Å². The van der Waals surface area contributed by atoms with E-state index in [1.54, 1.807) is 11.0 Å². The number of amides is 1. The molecule has 0 unspecified atom stereocenters. The first-order valence-corrected chi connectivity index (χ1v) is 6.31. The lowest BCUT2D eigenvalue weighted by atomic mass is 10.1. The summed E-state index contributed by atoms with van der Waals surface area (Å²) in [5.74, 6) is 0.492. The molecule has 2 heterocycles. The molecule has 0 aliphatic carbocycles. The third kappa shape index (κ3) is 2.37. The maximum absolute atomic E-state index is 12.2. The lowest BCUT2D eigenvalue weighted by Gasteiger charge is -2.12. The van der Waals surface area contributed by atoms with E-state index >= 15 is 0 Å². The molecule has 1 atom stereocenters. The average Bonchev–Trinajstić information content (AvgIpc) is 3.08. The predicted octanol–water partition coefficient (Wildman–Crippen LogP) is 1.51. The van der Waals surface area contributed by atoms with Crippen molar-refractivity contribution in [2.45, 2.75) is 12.5 Å². The van der Waals surface area contributed by atoms with Crippen LogP contribution in [-0.4, -0.2) is 35.1 Å². The van der Waals surface area contributed by atoms with Crippen LogP contribution in [0.3, 0.4) is 0 Å². The number of hydrogen-bond donors (Lipinski definition) is 1. The van der Waals surface area contributed by atoms with Gasteiger partial charge in [-0.15, -0.1) is 0 Å². The summed E-state index contributed by atoms with van der Waals surface area (Å²) in [6, 6.07) is 11.3. The molecule has 19 heavy (non-hydrogen) atoms. The molecule has 1 aromatic carbocycles. The van der Waals surface area contributed by atoms with E-state index in [1.165, 1.54) is 0 Å². The van der Waals surface area contributed by atoms with Gasteiger partial charge in [0.25, 0.3) is 5.91 Å². The quantitative estimate of drug-likeness (QED) is 0.885. The molecule has 1 aliphatic rings. The maximum atomic E-state index is 12.2. The minimum atomic E-state index is -0.112. The first-order valence-electron chi connectivity index (χ1n) is 6.31. The molecule has 1 fully saturated rings. The summed E-state index contributed by atoms with van der Waals surface area (Å²) in [6.45, 7) is 1.28. The number of nitrogens with zero attached hydrogens (tertiary/aromatic N) is 2. The molecular formula is C14H15N3O2. The number of benzene rings is 1. The summed E-state index contributed by atoms with van der Waals surface area (Å²) < 4.78 is 5.23. The highest BCUT2D eigenvalue weighted by atomic mass is 16.5. The van der Waals surface area contributed by atoms with Crippen LogP contribution in [0, 0.1) is 0 Å². The number of rotatable bonds is 2. The molecule has 1 saturated heterocycles. The van der Waals surface area contributed by atoms with Crippen LogP contribution in [0.25, 0.3) is 11.3 Å². The molecule has 1 aromatic heterocycles. The predicted molar refractivity (Wildman–Crippen MR) is 70.4 cm³/mol. The zero-order valence-electron chi connectivity index (χ0n) is 10.5. The highest BCUT2D eigenvalue weighted by Gasteiger charge is 2.26. The Morgan fingerprint density at radius 1 is 1.37 bits per heavy atom. The average molecular weight is 257 g/mol. The number of likely N-dealkylation sites (tertiary alicyclic amines) is 1. The molecule has 0 saturated carbocycles. The van der Waals surface area contributed by atoms with Gasteiger partial charge < -0.3 is 15.2 Å². The summed E-state index contributed by atoms with van der Waals surface area (Å²) in [5, 5.41) is 3.86. The number of hydrogen-bond acceptors (Lipinski definition) is 4. The van der Waals surface area contributed by atoms with Crippen molar-refractivity contribution in [2.24, 2.45) is 5.73 Å². The lowest BCUT2D eigenvalue weighted by molar-refractivity contribution is 0.0780. The van der Waals surface area contributed by atoms with E-state index in [0.717, 1.165) is 12.0 Å². The Morgan fingerprint density at radius 3 is 2.84 bits per heavy atom. The van der Waals surface area contributed by atoms with Crippen LogP contribution < -0.4 is 5.73 Å². The van der Waals surface area contributed by atoms with Crippen molar-refractivity contribution in [1.82, 2.24) is 10.1 Å². The van der Waals surface area contributed by atoms with E-state index in [2.05, 4.69) is 5.16 Å². The lowest BCUT2D eigenvalue weighted by Crippen LogP contribution is -2.32. The molecule has 2 N–H and O–H groups in total. The van der Waals surface area contributed by atoms with Crippen LogP contribution in [0.2, 0.25) is 0 Å². The molecule has 2 aromatic rings. The zero-order valence-corrected chi connectivity index (χ0v) is 10.5. The van der Waals surface area contributed by atoms with Crippen molar-refractivity contribution in [3.63, 3.8) is 0 Å². The third-order valence-corrected chi connectivity index (χ3v) is 3.30. The van der Waals surface area contributed by atoms with Gasteiger partial charge in [-0.1, -0.05) is 35.5 Å². The zero-order chi connectivity index (χ0) is 13.2. The van der Waals surface area contributed by atoms with Gasteiger partial charge in [-0.3, -0.25) is 4.79 Å². The van der Waals surface area contributed by atoms with E-state index in [4.69, 9.17) is 10.3 Å². The van der Waals surface area contributed by atoms with Gasteiger partial charge in [-0.25, -0.2) is 0 Å². The van der Waals surface area contributed by atoms with Crippen LogP contribution >= 0.6 is 0 Å². The second-order valence-corrected chi connectivity index (χ2v) is 4.74. The molecule has 1 amide bonds. The van der Waals surface area contributed by atoms with Crippen LogP contribution in [0.15, 0.2) is 40.9 Å². The summed E-state index contributed by atoms with van der Waals surface area (Å²) in [6.07, 6.45) is 0.842. The van der Waals surface area contributed by atoms with E-state index < -0.39 is 0 Å². The van der Waals surface area contributed by atoms with Crippen molar-refractivity contribution in [2.75, 3.05) is 13.1 Å². The third-order valence-electron chi connectivity index (χ3n) is 3.30. The molecule has 5 heteroatoms. The monoisotopic (exact) mass is 257 g/mol. The Balaban J connectivity index is 1.80. The molecule has 98 valence electrons. The molecule has 3 rings (SSSR count). The fourth-order valence-corrected chi connectivity index (χ4v) is 2.25. The summed E-state index contributed by atoms with van der Waals surface area (Å²) in [5.41, 5.74) is 7.05. The van der Waals surface area contributed by atoms with Crippen LogP contribution in [0.5, 0.6) is 0 Å². The largest absolute Gasteiger partial charge is 0.355 e. The highest BCUT2D eigenvalue weighted by molar-refractivity contribution is 5.93. The number of carbonyl (C=O) groups is 1. The number of aromatic nitrogens is 1. The van der Waals surface area contributed by atoms with Gasteiger partial charge in [0.1, 0.15) is 0 Å². The fraction of sp³-hybridized carbons (Fsp3) is 0.286. The Bertz CT molecular complexity index is 579. The van der Waals surface area contributed by atoms with E-state index in [9.17, 15) is 4.79 Å². The smallest absolute Gasteiger partial charge is 0.276 e. The van der Waals surface area contributed by atoms with Crippen molar-refractivity contribution < 1.29 is 9.32 Å². The van der Waals surface area contributed by atoms with Gasteiger partial charge >= 0.3 is 0 Å². The molecule has 5 nitrogen and oxygen atoms in total. The molecular weight excluding hydrogens is 242 g/mol. The SMILES string of the molecule is N[C@@H]1CCN(C(=O)c2cc(-c3ccccc3)on2)C1. The van der Waals surface area contributed by atoms with Crippen LogP contribution in [0.4, 0.5) is 0 Å². The van der Waals surface area contributed by atoms with E-state index in [-0.39, 0.29) is 11.9 Å². The molecule has 0 bridgehead atoms. The van der Waals surface area contributed by atoms with Crippen LogP contribution in [-0.2, 0) is 0 Å². The molecule has 0 radical (unpaired) electrons. The second kappa shape index (κ2) is 4.85. The molecule has 0 spiro atoms. The van der Waals surface area contributed by atoms with E-state index in [1.807, 2.05) is 30.3 Å². The minimum absolute atomic E-state index is 0.0736. The minimum Gasteiger partial charge on any atom is -0.355 e. The second-order valence-electron chi connectivity index (χ2n) is 4.74. The maximum Gasteiger partial charge on any atom is 0.276 e. The summed E-state index contributed by atoms with van der Waals surface area (Å²) >= 11 is 0. The normalized spacial score (nSPS) is 18.8. The number of nitrogens with two attached hydrogens (primary N) is 1. The van der Waals surface area contributed by atoms with Crippen molar-refractivity contribution in [3.8, 4) is 11.3 Å². The Hall–Kier alpha value is -2.14. The molecule has 1 aliphatic heterocycles. The Morgan fingerprint density at radius 2 is 2.16 bits per heavy atom. The van der Waals surface area contributed by atoms with Gasteiger partial charge in [-0.2, -0.15) is 0 Å². The first kappa shape index (κ1) is 11.9. The first-order chi connectivity index (χ1) is 9.24. The van der Waals surface area contributed by atoms with Crippen molar-refractivity contribution in [1.29, 1.82) is 0 Å². The van der Waals surface area contributed by atoms with Crippen LogP contribution in [0.1, 0.15) is 16.9 Å². The van der Waals surface area contributed by atoms with Gasteiger partial charge in [0.15, 0.2) is 11.5 Å². The number of carbonyl (C=O) groups excluding carboxylic acids is 1. The Kier molecular flexibility index (Phi) is 3.05. The van der Waals surface area contributed by atoms with Gasteiger partial charge in [-0.05, 0) is 6.42 Å². The highest BCUT2D eigenvalue weighted by Crippen LogP contribution is 2.21. The van der Waals surface area contributed by atoms with Crippen molar-refractivity contribution >= 4 is 5.91 Å². The van der Waals surface area contributed by atoms with Gasteiger partial charge in [0.05, 0.1) is 0 Å². The van der Waals surface area contributed by atoms with Crippen molar-refractivity contribution in [3.05, 3.63) is 42.1 Å². The fourth-order valence-electron chi connectivity index (χ4n) is 2.25. The topological polar surface area (TPSA) is 72.4 Å². The van der Waals surface area contributed by atoms with Gasteiger partial charge in [0, 0.05) is 30.8 Å².